The van der Waals surface area contributed by atoms with Crippen molar-refractivity contribution in [2.24, 2.45) is 10.4 Å². The van der Waals surface area contributed by atoms with Crippen molar-refractivity contribution in [3.8, 4) is 0 Å². The molecule has 0 radical (unpaired) electrons. The summed E-state index contributed by atoms with van der Waals surface area (Å²) in [5, 5.41) is -0.247. The maximum Gasteiger partial charge on any atom is 0.192 e. The summed E-state index contributed by atoms with van der Waals surface area (Å²) >= 11 is 23.6. The summed E-state index contributed by atoms with van der Waals surface area (Å²) in [6.07, 6.45) is 1.95. The maximum absolute atomic E-state index is 6.31. The van der Waals surface area contributed by atoms with Crippen molar-refractivity contribution in [2.45, 2.75) is 42.3 Å². The molecule has 0 saturated heterocycles. The van der Waals surface area contributed by atoms with Crippen LogP contribution >= 0.6 is 46.4 Å². The second kappa shape index (κ2) is 6.18. The van der Waals surface area contributed by atoms with E-state index in [1.807, 2.05) is 13.8 Å². The normalized spacial score (nSPS) is 19.5. The van der Waals surface area contributed by atoms with Gasteiger partial charge in [0.25, 0.3) is 0 Å². The molecule has 0 saturated carbocycles. The van der Waals surface area contributed by atoms with Crippen LogP contribution < -0.4 is 0 Å². The molecule has 6 heteroatoms. The fraction of sp³-hybridized carbons (Fsp3) is 0.909. The highest BCUT2D eigenvalue weighted by Crippen LogP contribution is 2.41. The molecule has 1 rings (SSSR count). The largest absolute Gasteiger partial charge is 0.481 e. The van der Waals surface area contributed by atoms with Gasteiger partial charge in [-0.05, 0) is 5.41 Å². The van der Waals surface area contributed by atoms with Crippen molar-refractivity contribution in [2.75, 3.05) is 13.2 Å². The lowest BCUT2D eigenvalue weighted by molar-refractivity contribution is 0.245. The highest BCUT2D eigenvalue weighted by molar-refractivity contribution is 6.67. The van der Waals surface area contributed by atoms with Gasteiger partial charge in [0, 0.05) is 31.2 Å². The highest BCUT2D eigenvalue weighted by atomic mass is 35.6. The minimum absolute atomic E-state index is 0.221. The molecule has 17 heavy (non-hydrogen) atoms. The number of halogens is 4. The Balaban J connectivity index is 2.57. The average Bonchev–Trinajstić information content (AvgIpc) is 2.15. The Morgan fingerprint density at radius 1 is 1.35 bits per heavy atom. The zero-order valence-electron chi connectivity index (χ0n) is 9.98. The van der Waals surface area contributed by atoms with Crippen LogP contribution in [0.3, 0.4) is 0 Å². The number of alkyl halides is 4. The van der Waals surface area contributed by atoms with Gasteiger partial charge in [0.1, 0.15) is 0 Å². The number of aliphatic imine (C=N–C) groups is 1. The standard InChI is InChI=1S/C11H17Cl4NO/c1-10(2,8(12)6-11(13,14)15)7-9-16-4-3-5-17-9/h8H,3-7H2,1-2H3. The molecule has 1 aliphatic rings. The lowest BCUT2D eigenvalue weighted by Crippen LogP contribution is -2.32. The number of rotatable bonds is 4. The molecule has 0 aromatic carbocycles. The van der Waals surface area contributed by atoms with E-state index in [1.54, 1.807) is 0 Å². The maximum atomic E-state index is 6.31. The molecular formula is C11H17Cl4NO. The first kappa shape index (κ1) is 15.7. The highest BCUT2D eigenvalue weighted by Gasteiger charge is 2.36. The molecule has 0 fully saturated rings. The minimum Gasteiger partial charge on any atom is -0.481 e. The Bertz CT molecular complexity index is 286. The van der Waals surface area contributed by atoms with Crippen LogP contribution in [0, 0.1) is 5.41 Å². The van der Waals surface area contributed by atoms with E-state index in [0.717, 1.165) is 25.5 Å². The van der Waals surface area contributed by atoms with E-state index in [9.17, 15) is 0 Å². The van der Waals surface area contributed by atoms with Gasteiger partial charge >= 0.3 is 0 Å². The predicted molar refractivity (Wildman–Crippen MR) is 75.8 cm³/mol. The van der Waals surface area contributed by atoms with Crippen LogP contribution in [0.15, 0.2) is 4.99 Å². The first-order valence-electron chi connectivity index (χ1n) is 5.58. The summed E-state index contributed by atoms with van der Waals surface area (Å²) in [7, 11) is 0. The summed E-state index contributed by atoms with van der Waals surface area (Å²) in [6, 6.07) is 0. The number of ether oxygens (including phenoxy) is 1. The fourth-order valence-electron chi connectivity index (χ4n) is 1.59. The number of hydrogen-bond acceptors (Lipinski definition) is 2. The van der Waals surface area contributed by atoms with Crippen LogP contribution in [-0.2, 0) is 4.74 Å². The summed E-state index contributed by atoms with van der Waals surface area (Å²) in [5.74, 6) is 0.760. The first-order valence-corrected chi connectivity index (χ1v) is 7.15. The van der Waals surface area contributed by atoms with Crippen LogP contribution in [0.5, 0.6) is 0 Å². The van der Waals surface area contributed by atoms with Crippen molar-refractivity contribution in [3.63, 3.8) is 0 Å². The van der Waals surface area contributed by atoms with Gasteiger partial charge in [0.2, 0.25) is 0 Å². The third-order valence-corrected chi connectivity index (χ3v) is 3.93. The van der Waals surface area contributed by atoms with Crippen molar-refractivity contribution >= 4 is 52.3 Å². The predicted octanol–water partition coefficient (Wildman–Crippen LogP) is 4.59. The monoisotopic (exact) mass is 319 g/mol. The second-order valence-corrected chi connectivity index (χ2v) is 7.97. The van der Waals surface area contributed by atoms with E-state index in [-0.39, 0.29) is 10.8 Å². The average molecular weight is 321 g/mol. The lowest BCUT2D eigenvalue weighted by atomic mass is 9.84. The van der Waals surface area contributed by atoms with Crippen LogP contribution in [0.1, 0.15) is 33.1 Å². The Labute approximate surface area is 123 Å². The van der Waals surface area contributed by atoms with Gasteiger partial charge in [-0.2, -0.15) is 0 Å². The third kappa shape index (κ3) is 5.87. The van der Waals surface area contributed by atoms with Crippen LogP contribution in [0.4, 0.5) is 0 Å². The van der Waals surface area contributed by atoms with E-state index >= 15 is 0 Å². The minimum atomic E-state index is -1.32. The number of hydrogen-bond donors (Lipinski definition) is 0. The van der Waals surface area contributed by atoms with Gasteiger partial charge in [0.15, 0.2) is 9.69 Å². The molecule has 1 atom stereocenters. The van der Waals surface area contributed by atoms with Crippen LogP contribution in [0.25, 0.3) is 0 Å². The molecule has 1 unspecified atom stereocenters. The molecule has 0 aromatic rings. The molecule has 0 bridgehead atoms. The third-order valence-electron chi connectivity index (χ3n) is 2.72. The zero-order valence-corrected chi connectivity index (χ0v) is 13.0. The summed E-state index contributed by atoms with van der Waals surface area (Å²) in [6.45, 7) is 5.61. The topological polar surface area (TPSA) is 21.6 Å². The van der Waals surface area contributed by atoms with Gasteiger partial charge in [-0.3, -0.25) is 4.99 Å². The lowest BCUT2D eigenvalue weighted by Gasteiger charge is -2.32. The van der Waals surface area contributed by atoms with E-state index in [4.69, 9.17) is 51.1 Å². The van der Waals surface area contributed by atoms with E-state index in [2.05, 4.69) is 4.99 Å². The number of nitrogens with zero attached hydrogens (tertiary/aromatic N) is 1. The van der Waals surface area contributed by atoms with Crippen molar-refractivity contribution in [1.29, 1.82) is 0 Å². The Hall–Kier alpha value is 0.630. The van der Waals surface area contributed by atoms with Gasteiger partial charge in [0.05, 0.1) is 6.61 Å². The molecule has 0 aromatic heterocycles. The SMILES string of the molecule is CC(C)(CC1=NCCCO1)C(Cl)CC(Cl)(Cl)Cl. The van der Waals surface area contributed by atoms with Gasteiger partial charge in [-0.25, -0.2) is 0 Å². The van der Waals surface area contributed by atoms with Gasteiger partial charge in [-0.1, -0.05) is 48.7 Å². The fourth-order valence-corrected chi connectivity index (χ4v) is 2.60. The molecule has 0 amide bonds. The molecular weight excluding hydrogens is 304 g/mol. The molecule has 0 aliphatic carbocycles. The Morgan fingerprint density at radius 2 is 2.00 bits per heavy atom. The Kier molecular flexibility index (Phi) is 5.71. The molecule has 1 aliphatic heterocycles. The van der Waals surface area contributed by atoms with Crippen LogP contribution in [0.2, 0.25) is 0 Å². The van der Waals surface area contributed by atoms with Gasteiger partial charge < -0.3 is 4.74 Å². The molecule has 100 valence electrons. The molecule has 0 spiro atoms. The van der Waals surface area contributed by atoms with Crippen molar-refractivity contribution < 1.29 is 4.74 Å². The second-order valence-electron chi connectivity index (χ2n) is 4.93. The smallest absolute Gasteiger partial charge is 0.192 e. The van der Waals surface area contributed by atoms with Crippen LogP contribution in [-0.4, -0.2) is 28.2 Å². The van der Waals surface area contributed by atoms with Gasteiger partial charge in [-0.15, -0.1) is 11.6 Å². The summed E-state index contributed by atoms with van der Waals surface area (Å²) in [5.41, 5.74) is -0.221. The van der Waals surface area contributed by atoms with E-state index in [0.29, 0.717) is 12.8 Å². The van der Waals surface area contributed by atoms with E-state index < -0.39 is 3.79 Å². The molecule has 2 nitrogen and oxygen atoms in total. The molecule has 0 N–H and O–H groups in total. The first-order chi connectivity index (χ1) is 7.71. The summed E-state index contributed by atoms with van der Waals surface area (Å²) < 4.78 is 4.17. The Morgan fingerprint density at radius 3 is 2.47 bits per heavy atom. The van der Waals surface area contributed by atoms with Crippen molar-refractivity contribution in [3.05, 3.63) is 0 Å². The summed E-state index contributed by atoms with van der Waals surface area (Å²) in [4.78, 5) is 4.33. The van der Waals surface area contributed by atoms with Crippen molar-refractivity contribution in [1.82, 2.24) is 0 Å². The molecule has 1 heterocycles. The zero-order chi connectivity index (χ0) is 13.1. The van der Waals surface area contributed by atoms with E-state index in [1.165, 1.54) is 0 Å². The quantitative estimate of drug-likeness (QED) is 0.694.